The molecule has 2 aromatic rings. The first-order chi connectivity index (χ1) is 10.9. The van der Waals surface area contributed by atoms with E-state index in [4.69, 9.17) is 11.6 Å². The molecule has 0 bridgehead atoms. The number of nitro groups is 1. The van der Waals surface area contributed by atoms with Crippen LogP contribution in [0.2, 0.25) is 5.02 Å². The van der Waals surface area contributed by atoms with Crippen LogP contribution in [-0.4, -0.2) is 36.4 Å². The van der Waals surface area contributed by atoms with Crippen molar-refractivity contribution in [2.24, 2.45) is 0 Å². The van der Waals surface area contributed by atoms with Crippen molar-refractivity contribution in [3.8, 4) is 0 Å². The monoisotopic (exact) mass is 357 g/mol. The highest BCUT2D eigenvalue weighted by atomic mass is 35.5. The third-order valence-electron chi connectivity index (χ3n) is 2.73. The minimum Gasteiger partial charge on any atom is -0.367 e. The first-order valence-electron chi connectivity index (χ1n) is 6.34. The second kappa shape index (κ2) is 7.31. The third kappa shape index (κ3) is 4.34. The second-order valence-electron chi connectivity index (χ2n) is 4.27. The largest absolute Gasteiger partial charge is 0.367 e. The lowest BCUT2D eigenvalue weighted by Gasteiger charge is -2.09. The molecule has 0 unspecified atom stereocenters. The van der Waals surface area contributed by atoms with Gasteiger partial charge < -0.3 is 5.32 Å². The zero-order chi connectivity index (χ0) is 16.9. The zero-order valence-corrected chi connectivity index (χ0v) is 13.2. The molecule has 11 heteroatoms. The molecular weight excluding hydrogens is 346 g/mol. The van der Waals surface area contributed by atoms with Gasteiger partial charge in [-0.3, -0.25) is 10.1 Å². The summed E-state index contributed by atoms with van der Waals surface area (Å²) in [6, 6.07) is 5.12. The quantitative estimate of drug-likeness (QED) is 0.436. The highest BCUT2D eigenvalue weighted by Crippen LogP contribution is 2.22. The maximum absolute atomic E-state index is 12.1. The number of nitrogens with one attached hydrogen (secondary N) is 2. The van der Waals surface area contributed by atoms with E-state index in [1.807, 2.05) is 0 Å². The molecule has 0 atom stereocenters. The van der Waals surface area contributed by atoms with Gasteiger partial charge in [-0.05, 0) is 6.07 Å². The van der Waals surface area contributed by atoms with Gasteiger partial charge in [0.05, 0.1) is 11.1 Å². The Bertz CT molecular complexity index is 815. The molecule has 2 N–H and O–H groups in total. The van der Waals surface area contributed by atoms with Crippen molar-refractivity contribution in [1.29, 1.82) is 0 Å². The minimum absolute atomic E-state index is 0.00524. The Hall–Kier alpha value is -2.30. The average Bonchev–Trinajstić information content (AvgIpc) is 2.53. The number of rotatable bonds is 7. The number of anilines is 1. The molecule has 0 spiro atoms. The molecule has 1 aromatic carbocycles. The topological polar surface area (TPSA) is 127 Å². The molecule has 0 aliphatic carbocycles. The van der Waals surface area contributed by atoms with Crippen LogP contribution in [0.1, 0.15) is 0 Å². The maximum Gasteiger partial charge on any atom is 0.289 e. The van der Waals surface area contributed by atoms with E-state index in [2.05, 4.69) is 20.0 Å². The molecule has 0 radical (unpaired) electrons. The van der Waals surface area contributed by atoms with Gasteiger partial charge in [0, 0.05) is 19.2 Å². The van der Waals surface area contributed by atoms with E-state index in [0.717, 1.165) is 6.07 Å². The van der Waals surface area contributed by atoms with Gasteiger partial charge in [0.2, 0.25) is 10.0 Å². The third-order valence-corrected chi connectivity index (χ3v) is 4.51. The number of benzene rings is 1. The first kappa shape index (κ1) is 17.1. The number of aromatic nitrogens is 2. The van der Waals surface area contributed by atoms with Crippen molar-refractivity contribution in [3.63, 3.8) is 0 Å². The first-order valence-corrected chi connectivity index (χ1v) is 8.20. The number of hydrogen-bond acceptors (Lipinski definition) is 7. The van der Waals surface area contributed by atoms with E-state index in [-0.39, 0.29) is 18.0 Å². The lowest BCUT2D eigenvalue weighted by atomic mass is 10.3. The Balaban J connectivity index is 2.00. The predicted molar refractivity (Wildman–Crippen MR) is 83.8 cm³/mol. The van der Waals surface area contributed by atoms with Gasteiger partial charge in [-0.1, -0.05) is 23.7 Å². The fraction of sp³-hybridized carbons (Fsp3) is 0.167. The van der Waals surface area contributed by atoms with Crippen molar-refractivity contribution in [2.75, 3.05) is 18.4 Å². The summed E-state index contributed by atoms with van der Waals surface area (Å²) >= 11 is 5.84. The van der Waals surface area contributed by atoms with Crippen LogP contribution in [0.4, 0.5) is 11.5 Å². The molecule has 0 saturated carbocycles. The van der Waals surface area contributed by atoms with Gasteiger partial charge in [0.1, 0.15) is 17.2 Å². The van der Waals surface area contributed by atoms with Crippen molar-refractivity contribution >= 4 is 33.1 Å². The average molecular weight is 358 g/mol. The Morgan fingerprint density at radius 2 is 2.00 bits per heavy atom. The summed E-state index contributed by atoms with van der Waals surface area (Å²) in [6.45, 7) is 0.186. The normalized spacial score (nSPS) is 11.2. The van der Waals surface area contributed by atoms with Crippen molar-refractivity contribution in [2.45, 2.75) is 4.90 Å². The second-order valence-corrected chi connectivity index (χ2v) is 6.41. The van der Waals surface area contributed by atoms with Crippen LogP contribution < -0.4 is 10.0 Å². The number of nitrogens with zero attached hydrogens (tertiary/aromatic N) is 3. The molecule has 1 aromatic heterocycles. The number of halogens is 1. The highest BCUT2D eigenvalue weighted by Gasteiger charge is 2.24. The molecule has 122 valence electrons. The Morgan fingerprint density at radius 3 is 2.70 bits per heavy atom. The van der Waals surface area contributed by atoms with Crippen LogP contribution in [0.5, 0.6) is 0 Å². The number of sulfonamides is 1. The SMILES string of the molecule is O=[N+]([O-])c1ccccc1S(=O)(=O)NCCNc1ncncc1Cl. The van der Waals surface area contributed by atoms with Crippen molar-refractivity contribution in [3.05, 3.63) is 51.9 Å². The molecule has 1 heterocycles. The van der Waals surface area contributed by atoms with E-state index in [1.165, 1.54) is 30.7 Å². The molecule has 0 fully saturated rings. The Labute approximate surface area is 136 Å². The summed E-state index contributed by atoms with van der Waals surface area (Å²) in [6.07, 6.45) is 2.69. The summed E-state index contributed by atoms with van der Waals surface area (Å²) < 4.78 is 26.6. The minimum atomic E-state index is -4.00. The number of nitro benzene ring substituents is 1. The molecule has 23 heavy (non-hydrogen) atoms. The van der Waals surface area contributed by atoms with Crippen LogP contribution in [0.15, 0.2) is 41.7 Å². The van der Waals surface area contributed by atoms with E-state index in [0.29, 0.717) is 10.8 Å². The van der Waals surface area contributed by atoms with Gasteiger partial charge in [-0.15, -0.1) is 0 Å². The van der Waals surface area contributed by atoms with Gasteiger partial charge in [0.25, 0.3) is 5.69 Å². The Kier molecular flexibility index (Phi) is 5.42. The molecule has 0 aliphatic heterocycles. The lowest BCUT2D eigenvalue weighted by Crippen LogP contribution is -2.29. The van der Waals surface area contributed by atoms with Crippen molar-refractivity contribution < 1.29 is 13.3 Å². The standard InChI is InChI=1S/C12H12ClN5O4S/c13-9-7-14-8-16-12(9)15-5-6-17-23(21,22)11-4-2-1-3-10(11)18(19)20/h1-4,7-8,17H,5-6H2,(H,14,15,16). The van der Waals surface area contributed by atoms with Crippen LogP contribution >= 0.6 is 11.6 Å². The number of para-hydroxylation sites is 1. The summed E-state index contributed by atoms with van der Waals surface area (Å²) in [7, 11) is -4.00. The molecule has 0 amide bonds. The smallest absolute Gasteiger partial charge is 0.289 e. The van der Waals surface area contributed by atoms with Crippen molar-refractivity contribution in [1.82, 2.24) is 14.7 Å². The maximum atomic E-state index is 12.1. The van der Waals surface area contributed by atoms with Gasteiger partial charge >= 0.3 is 0 Å². The summed E-state index contributed by atoms with van der Waals surface area (Å²) in [4.78, 5) is 17.4. The van der Waals surface area contributed by atoms with Gasteiger partial charge in [0.15, 0.2) is 4.90 Å². The summed E-state index contributed by atoms with van der Waals surface area (Å²) in [5, 5.41) is 14.0. The lowest BCUT2D eigenvalue weighted by molar-refractivity contribution is -0.387. The van der Waals surface area contributed by atoms with Crippen LogP contribution in [0.3, 0.4) is 0 Å². The fourth-order valence-electron chi connectivity index (χ4n) is 1.72. The van der Waals surface area contributed by atoms with E-state index in [1.54, 1.807) is 0 Å². The fourth-order valence-corrected chi connectivity index (χ4v) is 3.10. The van der Waals surface area contributed by atoms with Crippen LogP contribution in [0, 0.1) is 10.1 Å². The Morgan fingerprint density at radius 1 is 1.26 bits per heavy atom. The van der Waals surface area contributed by atoms with E-state index < -0.39 is 20.6 Å². The summed E-state index contributed by atoms with van der Waals surface area (Å²) in [5.74, 6) is 0.367. The number of hydrogen-bond donors (Lipinski definition) is 2. The van der Waals surface area contributed by atoms with Crippen LogP contribution in [-0.2, 0) is 10.0 Å². The molecule has 0 aliphatic rings. The predicted octanol–water partition coefficient (Wildman–Crippen LogP) is 1.43. The van der Waals surface area contributed by atoms with E-state index >= 15 is 0 Å². The summed E-state index contributed by atoms with van der Waals surface area (Å²) in [5.41, 5.74) is -0.480. The molecule has 9 nitrogen and oxygen atoms in total. The van der Waals surface area contributed by atoms with Crippen LogP contribution in [0.25, 0.3) is 0 Å². The zero-order valence-electron chi connectivity index (χ0n) is 11.6. The molecule has 2 rings (SSSR count). The molecule has 0 saturated heterocycles. The van der Waals surface area contributed by atoms with Gasteiger partial charge in [-0.25, -0.2) is 23.1 Å². The van der Waals surface area contributed by atoms with E-state index in [9.17, 15) is 18.5 Å². The highest BCUT2D eigenvalue weighted by molar-refractivity contribution is 7.89. The van der Waals surface area contributed by atoms with Gasteiger partial charge in [-0.2, -0.15) is 0 Å². The molecular formula is C12H12ClN5O4S.